The van der Waals surface area contributed by atoms with E-state index in [1.165, 1.54) is 11.3 Å². The van der Waals surface area contributed by atoms with Gasteiger partial charge in [0.05, 0.1) is 16.1 Å². The Kier molecular flexibility index (Phi) is 3.79. The molecule has 0 aliphatic heterocycles. The van der Waals surface area contributed by atoms with E-state index in [1.54, 1.807) is 6.07 Å². The van der Waals surface area contributed by atoms with Crippen LogP contribution in [0.25, 0.3) is 11.5 Å². The van der Waals surface area contributed by atoms with Crippen LogP contribution < -0.4 is 5.32 Å². The van der Waals surface area contributed by atoms with Gasteiger partial charge in [0, 0.05) is 6.42 Å². The average Bonchev–Trinajstić information content (AvgIpc) is 3.19. The Morgan fingerprint density at radius 1 is 1.29 bits per heavy atom. The molecule has 1 aromatic carbocycles. The molecule has 21 heavy (non-hydrogen) atoms. The van der Waals surface area contributed by atoms with E-state index in [9.17, 15) is 4.79 Å². The minimum Gasteiger partial charge on any atom is -0.334 e. The molecule has 0 spiro atoms. The molecule has 0 aliphatic carbocycles. The number of nitrogens with zero attached hydrogens (tertiary/aromatic N) is 2. The topological polar surface area (TPSA) is 68.0 Å². The number of benzene rings is 1. The fraction of sp³-hybridized carbons (Fsp3) is 0.133. The van der Waals surface area contributed by atoms with Gasteiger partial charge in [0.25, 0.3) is 11.8 Å². The predicted molar refractivity (Wildman–Crippen MR) is 81.4 cm³/mol. The van der Waals surface area contributed by atoms with Gasteiger partial charge >= 0.3 is 0 Å². The average molecular weight is 299 g/mol. The molecule has 6 heteroatoms. The molecule has 106 valence electrons. The van der Waals surface area contributed by atoms with Gasteiger partial charge in [0.1, 0.15) is 0 Å². The Labute approximate surface area is 125 Å². The number of aryl methyl sites for hydroxylation is 1. The maximum absolute atomic E-state index is 12.2. The monoisotopic (exact) mass is 299 g/mol. The van der Waals surface area contributed by atoms with E-state index in [4.69, 9.17) is 4.52 Å². The molecule has 1 amide bonds. The molecule has 2 heterocycles. The van der Waals surface area contributed by atoms with Gasteiger partial charge in [-0.1, -0.05) is 30.3 Å². The molecule has 5 nitrogen and oxygen atoms in total. The van der Waals surface area contributed by atoms with Gasteiger partial charge in [-0.25, -0.2) is 0 Å². The number of anilines is 1. The molecule has 0 unspecified atom stereocenters. The third kappa shape index (κ3) is 2.85. The lowest BCUT2D eigenvalue weighted by molar-refractivity contribution is 0.103. The summed E-state index contributed by atoms with van der Waals surface area (Å²) in [5, 5.41) is 8.63. The maximum atomic E-state index is 12.2. The largest absolute Gasteiger partial charge is 0.334 e. The number of amides is 1. The summed E-state index contributed by atoms with van der Waals surface area (Å²) in [5.41, 5.74) is 1.37. The van der Waals surface area contributed by atoms with Gasteiger partial charge in [-0.3, -0.25) is 4.79 Å². The highest BCUT2D eigenvalue weighted by molar-refractivity contribution is 7.12. The number of thiophene rings is 1. The van der Waals surface area contributed by atoms with Crippen LogP contribution in [-0.2, 0) is 6.42 Å². The van der Waals surface area contributed by atoms with E-state index in [0.29, 0.717) is 28.7 Å². The number of carbonyl (C=O) groups excluding carboxylic acids is 1. The zero-order chi connectivity index (χ0) is 14.7. The number of nitrogens with one attached hydrogen (secondary N) is 1. The molecule has 0 saturated heterocycles. The van der Waals surface area contributed by atoms with Crippen molar-refractivity contribution in [3.05, 3.63) is 52.5 Å². The zero-order valence-electron chi connectivity index (χ0n) is 11.4. The minimum absolute atomic E-state index is 0.146. The van der Waals surface area contributed by atoms with E-state index in [0.717, 1.165) is 5.56 Å². The van der Waals surface area contributed by atoms with Gasteiger partial charge in [-0.2, -0.15) is 4.98 Å². The van der Waals surface area contributed by atoms with Crippen LogP contribution in [0.2, 0.25) is 0 Å². The molecule has 2 aromatic heterocycles. The highest BCUT2D eigenvalue weighted by Crippen LogP contribution is 2.27. The summed E-state index contributed by atoms with van der Waals surface area (Å²) in [7, 11) is 0. The van der Waals surface area contributed by atoms with Crippen molar-refractivity contribution in [3.63, 3.8) is 0 Å². The smallest absolute Gasteiger partial charge is 0.265 e. The Morgan fingerprint density at radius 3 is 2.86 bits per heavy atom. The molecule has 3 rings (SSSR count). The summed E-state index contributed by atoms with van der Waals surface area (Å²) in [6, 6.07) is 11.0. The second-order valence-corrected chi connectivity index (χ2v) is 5.29. The number of hydrogen-bond donors (Lipinski definition) is 1. The second kappa shape index (κ2) is 5.88. The molecule has 3 aromatic rings. The Morgan fingerprint density at radius 2 is 2.14 bits per heavy atom. The SMILES string of the molecule is CCc1noc(-c2ccccc2NC(=O)c2cccs2)n1. The molecule has 0 saturated carbocycles. The molecule has 0 radical (unpaired) electrons. The van der Waals surface area contributed by atoms with Crippen molar-refractivity contribution in [2.45, 2.75) is 13.3 Å². The summed E-state index contributed by atoms with van der Waals surface area (Å²) in [5.74, 6) is 0.908. The van der Waals surface area contributed by atoms with Crippen molar-refractivity contribution >= 4 is 22.9 Å². The molecule has 1 N–H and O–H groups in total. The summed E-state index contributed by atoms with van der Waals surface area (Å²) < 4.78 is 5.24. The molecule has 0 aliphatic rings. The third-order valence-electron chi connectivity index (χ3n) is 2.93. The van der Waals surface area contributed by atoms with Crippen LogP contribution >= 0.6 is 11.3 Å². The molecular weight excluding hydrogens is 286 g/mol. The van der Waals surface area contributed by atoms with Crippen molar-refractivity contribution in [3.8, 4) is 11.5 Å². The van der Waals surface area contributed by atoms with Crippen molar-refractivity contribution in [1.29, 1.82) is 0 Å². The maximum Gasteiger partial charge on any atom is 0.265 e. The fourth-order valence-corrected chi connectivity index (χ4v) is 2.50. The van der Waals surface area contributed by atoms with Gasteiger partial charge in [-0.05, 0) is 23.6 Å². The molecule has 0 bridgehead atoms. The van der Waals surface area contributed by atoms with Gasteiger partial charge in [0.15, 0.2) is 5.82 Å². The first-order valence-electron chi connectivity index (χ1n) is 6.54. The van der Waals surface area contributed by atoms with Gasteiger partial charge < -0.3 is 9.84 Å². The summed E-state index contributed by atoms with van der Waals surface area (Å²) in [6.07, 6.45) is 0.702. The van der Waals surface area contributed by atoms with Crippen LogP contribution in [-0.4, -0.2) is 16.0 Å². The fourth-order valence-electron chi connectivity index (χ4n) is 1.88. The summed E-state index contributed by atoms with van der Waals surface area (Å²) in [6.45, 7) is 1.96. The normalized spacial score (nSPS) is 10.5. The minimum atomic E-state index is -0.146. The van der Waals surface area contributed by atoms with Crippen LogP contribution in [0.3, 0.4) is 0 Å². The highest BCUT2D eigenvalue weighted by Gasteiger charge is 2.15. The van der Waals surface area contributed by atoms with Crippen molar-refractivity contribution < 1.29 is 9.32 Å². The van der Waals surface area contributed by atoms with Crippen LogP contribution in [0.15, 0.2) is 46.3 Å². The quantitative estimate of drug-likeness (QED) is 0.799. The Hall–Kier alpha value is -2.47. The van der Waals surface area contributed by atoms with Crippen molar-refractivity contribution in [2.75, 3.05) is 5.32 Å². The second-order valence-electron chi connectivity index (χ2n) is 4.35. The number of carbonyl (C=O) groups is 1. The standard InChI is InChI=1S/C15H13N3O2S/c1-2-13-17-15(20-18-13)10-6-3-4-7-11(10)16-14(19)12-8-5-9-21-12/h3-9H,2H2,1H3,(H,16,19). The van der Waals surface area contributed by atoms with E-state index >= 15 is 0 Å². The zero-order valence-corrected chi connectivity index (χ0v) is 12.2. The van der Waals surface area contributed by atoms with E-state index in [-0.39, 0.29) is 5.91 Å². The van der Waals surface area contributed by atoms with E-state index in [1.807, 2.05) is 42.6 Å². The Balaban J connectivity index is 1.91. The first-order valence-corrected chi connectivity index (χ1v) is 7.42. The van der Waals surface area contributed by atoms with Crippen molar-refractivity contribution in [1.82, 2.24) is 10.1 Å². The first kappa shape index (κ1) is 13.5. The predicted octanol–water partition coefficient (Wildman–Crippen LogP) is 3.61. The Bertz CT molecular complexity index is 750. The van der Waals surface area contributed by atoms with Gasteiger partial charge in [-0.15, -0.1) is 11.3 Å². The molecular formula is C15H13N3O2S. The lowest BCUT2D eigenvalue weighted by Gasteiger charge is -2.07. The van der Waals surface area contributed by atoms with E-state index in [2.05, 4.69) is 15.5 Å². The van der Waals surface area contributed by atoms with Crippen LogP contribution in [0.1, 0.15) is 22.4 Å². The number of rotatable bonds is 4. The molecule has 0 atom stereocenters. The summed E-state index contributed by atoms with van der Waals surface area (Å²) >= 11 is 1.40. The first-order chi connectivity index (χ1) is 10.3. The lowest BCUT2D eigenvalue weighted by Crippen LogP contribution is -2.10. The number of hydrogen-bond acceptors (Lipinski definition) is 5. The third-order valence-corrected chi connectivity index (χ3v) is 3.80. The number of aromatic nitrogens is 2. The number of para-hydroxylation sites is 1. The van der Waals surface area contributed by atoms with Crippen LogP contribution in [0.4, 0.5) is 5.69 Å². The highest BCUT2D eigenvalue weighted by atomic mass is 32.1. The van der Waals surface area contributed by atoms with Crippen LogP contribution in [0.5, 0.6) is 0 Å². The van der Waals surface area contributed by atoms with E-state index < -0.39 is 0 Å². The summed E-state index contributed by atoms with van der Waals surface area (Å²) in [4.78, 5) is 17.1. The molecule has 0 fully saturated rings. The van der Waals surface area contributed by atoms with Crippen molar-refractivity contribution in [2.24, 2.45) is 0 Å². The lowest BCUT2D eigenvalue weighted by atomic mass is 10.1. The van der Waals surface area contributed by atoms with Gasteiger partial charge in [0.2, 0.25) is 0 Å². The van der Waals surface area contributed by atoms with Crippen LogP contribution in [0, 0.1) is 0 Å².